The van der Waals surface area contributed by atoms with Crippen LogP contribution in [0.2, 0.25) is 0 Å². The zero-order valence-electron chi connectivity index (χ0n) is 16.1. The van der Waals surface area contributed by atoms with E-state index in [-0.39, 0.29) is 23.0 Å². The molecule has 3 rings (SSSR count). The Hall–Kier alpha value is -1.40. The van der Waals surface area contributed by atoms with E-state index in [0.29, 0.717) is 12.5 Å². The lowest BCUT2D eigenvalue weighted by Gasteiger charge is -2.46. The van der Waals surface area contributed by atoms with E-state index in [9.17, 15) is 4.79 Å². The van der Waals surface area contributed by atoms with Gasteiger partial charge in [-0.3, -0.25) is 9.48 Å². The summed E-state index contributed by atoms with van der Waals surface area (Å²) >= 11 is 0. The molecular weight excluding hydrogens is 314 g/mol. The van der Waals surface area contributed by atoms with Crippen LogP contribution >= 0.6 is 0 Å². The fraction of sp³-hybridized carbons (Fsp3) is 0.789. The van der Waals surface area contributed by atoms with Crippen molar-refractivity contribution in [1.82, 2.24) is 25.7 Å². The first kappa shape index (κ1) is 18.4. The first-order chi connectivity index (χ1) is 11.7. The number of aromatic nitrogens is 2. The van der Waals surface area contributed by atoms with Gasteiger partial charge < -0.3 is 16.0 Å². The van der Waals surface area contributed by atoms with Crippen molar-refractivity contribution < 1.29 is 4.79 Å². The molecule has 0 aliphatic carbocycles. The number of amides is 1. The normalized spacial score (nSPS) is 26.3. The maximum absolute atomic E-state index is 12.5. The van der Waals surface area contributed by atoms with E-state index < -0.39 is 0 Å². The van der Waals surface area contributed by atoms with Crippen LogP contribution in [-0.2, 0) is 11.3 Å². The number of nitrogens with zero attached hydrogens (tertiary/aromatic N) is 2. The van der Waals surface area contributed by atoms with Crippen molar-refractivity contribution in [3.05, 3.63) is 18.0 Å². The minimum absolute atomic E-state index is 0.0343. The third-order valence-corrected chi connectivity index (χ3v) is 5.24. The smallest absolute Gasteiger partial charge is 0.241 e. The van der Waals surface area contributed by atoms with Gasteiger partial charge in [0.1, 0.15) is 6.54 Å². The van der Waals surface area contributed by atoms with Crippen molar-refractivity contribution in [1.29, 1.82) is 0 Å². The summed E-state index contributed by atoms with van der Waals surface area (Å²) in [4.78, 5) is 12.5. The molecule has 3 N–H and O–H groups in total. The monoisotopic (exact) mass is 347 g/mol. The van der Waals surface area contributed by atoms with Gasteiger partial charge in [0, 0.05) is 35.8 Å². The fourth-order valence-electron chi connectivity index (χ4n) is 4.63. The molecule has 6 nitrogen and oxygen atoms in total. The topological polar surface area (TPSA) is 71.0 Å². The Morgan fingerprint density at radius 3 is 2.68 bits per heavy atom. The van der Waals surface area contributed by atoms with E-state index >= 15 is 0 Å². The number of hydrogen-bond donors (Lipinski definition) is 3. The van der Waals surface area contributed by atoms with Gasteiger partial charge in [0.2, 0.25) is 5.91 Å². The van der Waals surface area contributed by atoms with Gasteiger partial charge >= 0.3 is 0 Å². The lowest BCUT2D eigenvalue weighted by Crippen LogP contribution is -2.62. The Morgan fingerprint density at radius 1 is 1.32 bits per heavy atom. The highest BCUT2D eigenvalue weighted by Gasteiger charge is 2.38. The minimum atomic E-state index is 0.0343. The molecule has 2 aliphatic rings. The Bertz CT molecular complexity index is 585. The van der Waals surface area contributed by atoms with Gasteiger partial charge in [-0.25, -0.2) is 0 Å². The average molecular weight is 348 g/mol. The van der Waals surface area contributed by atoms with E-state index in [1.54, 1.807) is 4.68 Å². The molecule has 0 spiro atoms. The van der Waals surface area contributed by atoms with Gasteiger partial charge in [-0.05, 0) is 66.0 Å². The molecule has 2 aliphatic heterocycles. The van der Waals surface area contributed by atoms with Gasteiger partial charge in [-0.1, -0.05) is 0 Å². The second-order valence-corrected chi connectivity index (χ2v) is 9.05. The van der Waals surface area contributed by atoms with Crippen LogP contribution in [0.25, 0.3) is 0 Å². The predicted molar refractivity (Wildman–Crippen MR) is 99.5 cm³/mol. The summed E-state index contributed by atoms with van der Waals surface area (Å²) in [6, 6.07) is 2.26. The maximum atomic E-state index is 12.5. The van der Waals surface area contributed by atoms with Crippen LogP contribution in [-0.4, -0.2) is 45.9 Å². The van der Waals surface area contributed by atoms with Crippen molar-refractivity contribution in [2.45, 2.75) is 83.0 Å². The highest BCUT2D eigenvalue weighted by Crippen LogP contribution is 2.28. The molecular formula is C19H33N5O. The van der Waals surface area contributed by atoms with Crippen LogP contribution in [0.5, 0.6) is 0 Å². The van der Waals surface area contributed by atoms with Crippen LogP contribution in [0.1, 0.15) is 65.0 Å². The van der Waals surface area contributed by atoms with E-state index in [1.807, 2.05) is 6.20 Å². The highest BCUT2D eigenvalue weighted by molar-refractivity contribution is 5.76. The van der Waals surface area contributed by atoms with E-state index in [2.05, 4.69) is 54.8 Å². The molecule has 1 amide bonds. The largest absolute Gasteiger partial charge is 0.352 e. The SMILES string of the molecule is CC1(C)CC(NC(=O)Cn2ccc(C3CCCNC3)n2)CC(C)(C)N1. The van der Waals surface area contributed by atoms with Gasteiger partial charge in [-0.15, -0.1) is 0 Å². The third kappa shape index (κ3) is 5.05. The maximum Gasteiger partial charge on any atom is 0.241 e. The summed E-state index contributed by atoms with van der Waals surface area (Å²) < 4.78 is 1.77. The molecule has 2 fully saturated rings. The quantitative estimate of drug-likeness (QED) is 0.776. The molecule has 0 radical (unpaired) electrons. The van der Waals surface area contributed by atoms with Crippen LogP contribution in [0, 0.1) is 0 Å². The van der Waals surface area contributed by atoms with E-state index in [0.717, 1.165) is 31.6 Å². The van der Waals surface area contributed by atoms with Crippen LogP contribution in [0.3, 0.4) is 0 Å². The second kappa shape index (κ2) is 7.08. The first-order valence-electron chi connectivity index (χ1n) is 9.55. The molecule has 3 heterocycles. The van der Waals surface area contributed by atoms with Crippen LogP contribution in [0.15, 0.2) is 12.3 Å². The van der Waals surface area contributed by atoms with E-state index in [4.69, 9.17) is 0 Å². The zero-order valence-corrected chi connectivity index (χ0v) is 16.1. The average Bonchev–Trinajstić information content (AvgIpc) is 2.93. The lowest BCUT2D eigenvalue weighted by atomic mass is 9.79. The summed E-state index contributed by atoms with van der Waals surface area (Å²) in [6.07, 6.45) is 6.19. The Morgan fingerprint density at radius 2 is 2.04 bits per heavy atom. The highest BCUT2D eigenvalue weighted by atomic mass is 16.2. The number of hydrogen-bond acceptors (Lipinski definition) is 4. The first-order valence-corrected chi connectivity index (χ1v) is 9.55. The fourth-order valence-corrected chi connectivity index (χ4v) is 4.63. The summed E-state index contributed by atoms with van der Waals surface area (Å²) in [5.41, 5.74) is 1.17. The molecule has 0 aromatic carbocycles. The molecule has 2 saturated heterocycles. The number of piperidine rings is 2. The number of nitrogens with one attached hydrogen (secondary N) is 3. The number of carbonyl (C=O) groups excluding carboxylic acids is 1. The standard InChI is InChI=1S/C19H33N5O/c1-18(2)10-15(11-19(3,4)23-18)21-17(25)13-24-9-7-16(22-24)14-6-5-8-20-12-14/h7,9,14-15,20,23H,5-6,8,10-13H2,1-4H3,(H,21,25). The number of rotatable bonds is 4. The minimum Gasteiger partial charge on any atom is -0.352 e. The summed E-state index contributed by atoms with van der Waals surface area (Å²) in [7, 11) is 0. The van der Waals surface area contributed by atoms with Gasteiger partial charge in [-0.2, -0.15) is 5.10 Å². The zero-order chi connectivity index (χ0) is 18.1. The van der Waals surface area contributed by atoms with Gasteiger partial charge in [0.15, 0.2) is 0 Å². The lowest BCUT2D eigenvalue weighted by molar-refractivity contribution is -0.123. The third-order valence-electron chi connectivity index (χ3n) is 5.24. The van der Waals surface area contributed by atoms with Crippen molar-refractivity contribution in [2.75, 3.05) is 13.1 Å². The molecule has 1 atom stereocenters. The molecule has 0 bridgehead atoms. The van der Waals surface area contributed by atoms with Crippen LogP contribution < -0.4 is 16.0 Å². The van der Waals surface area contributed by atoms with Crippen molar-refractivity contribution in [2.24, 2.45) is 0 Å². The molecule has 25 heavy (non-hydrogen) atoms. The van der Waals surface area contributed by atoms with Gasteiger partial charge in [0.05, 0.1) is 5.69 Å². The molecule has 140 valence electrons. The summed E-state index contributed by atoms with van der Waals surface area (Å²) in [5, 5.41) is 14.9. The molecule has 6 heteroatoms. The van der Waals surface area contributed by atoms with Crippen molar-refractivity contribution in [3.8, 4) is 0 Å². The van der Waals surface area contributed by atoms with Crippen molar-refractivity contribution >= 4 is 5.91 Å². The van der Waals surface area contributed by atoms with Crippen molar-refractivity contribution in [3.63, 3.8) is 0 Å². The van der Waals surface area contributed by atoms with Gasteiger partial charge in [0.25, 0.3) is 0 Å². The summed E-state index contributed by atoms with van der Waals surface area (Å²) in [6.45, 7) is 11.2. The molecule has 1 aromatic heterocycles. The second-order valence-electron chi connectivity index (χ2n) is 9.05. The molecule has 0 saturated carbocycles. The summed E-state index contributed by atoms with van der Waals surface area (Å²) in [5.74, 6) is 0.527. The Labute approximate surface area is 151 Å². The van der Waals surface area contributed by atoms with E-state index in [1.165, 1.54) is 12.8 Å². The molecule has 1 unspecified atom stereocenters. The Balaban J connectivity index is 1.55. The predicted octanol–water partition coefficient (Wildman–Crippen LogP) is 1.78. The Kier molecular flexibility index (Phi) is 5.21. The number of carbonyl (C=O) groups is 1. The van der Waals surface area contributed by atoms with Crippen LogP contribution in [0.4, 0.5) is 0 Å². The molecule has 1 aromatic rings.